The summed E-state index contributed by atoms with van der Waals surface area (Å²) >= 11 is 0. The average molecular weight is 335 g/mol. The molecule has 7 heteroatoms. The molecule has 130 valence electrons. The quantitative estimate of drug-likeness (QED) is 0.289. The number of hydrogen-bond acceptors (Lipinski definition) is 6. The normalized spacial score (nSPS) is 22.0. The molecule has 0 aromatic heterocycles. The van der Waals surface area contributed by atoms with Crippen LogP contribution in [-0.4, -0.2) is 28.4 Å². The van der Waals surface area contributed by atoms with Gasteiger partial charge in [0.05, 0.1) is 17.1 Å². The van der Waals surface area contributed by atoms with E-state index in [4.69, 9.17) is 9.47 Å². The van der Waals surface area contributed by atoms with Gasteiger partial charge in [-0.15, -0.1) is 0 Å². The predicted octanol–water partition coefficient (Wildman–Crippen LogP) is 3.75. The van der Waals surface area contributed by atoms with Gasteiger partial charge >= 0.3 is 6.16 Å². The molecule has 0 unspecified atom stereocenters. The molecule has 1 aromatic carbocycles. The van der Waals surface area contributed by atoms with Gasteiger partial charge in [-0.2, -0.15) is 0 Å². The van der Waals surface area contributed by atoms with E-state index in [1.165, 1.54) is 24.3 Å². The molecule has 0 saturated carbocycles. The molecule has 2 rings (SSSR count). The maximum Gasteiger partial charge on any atom is 0.513 e. The van der Waals surface area contributed by atoms with E-state index in [9.17, 15) is 20.0 Å². The number of aliphatic hydroxyl groups is 1. The molecule has 7 nitrogen and oxygen atoms in total. The first-order valence-corrected chi connectivity index (χ1v) is 7.95. The Kier molecular flexibility index (Phi) is 6.31. The molecular weight excluding hydrogens is 314 g/mol. The van der Waals surface area contributed by atoms with E-state index in [1.54, 1.807) is 0 Å². The Morgan fingerprint density at radius 1 is 1.21 bits per heavy atom. The fourth-order valence-corrected chi connectivity index (χ4v) is 2.60. The van der Waals surface area contributed by atoms with Crippen molar-refractivity contribution >= 4 is 11.8 Å². The highest BCUT2D eigenvalue weighted by atomic mass is 16.7. The second-order valence-corrected chi connectivity index (χ2v) is 5.83. The Morgan fingerprint density at radius 2 is 1.92 bits per heavy atom. The van der Waals surface area contributed by atoms with E-state index in [0.29, 0.717) is 19.3 Å². The molecule has 1 aliphatic rings. The van der Waals surface area contributed by atoms with Crippen LogP contribution in [0, 0.1) is 10.1 Å². The Balaban J connectivity index is 1.76. The van der Waals surface area contributed by atoms with Crippen molar-refractivity contribution in [2.45, 2.75) is 44.1 Å². The lowest BCUT2D eigenvalue weighted by atomic mass is 9.87. The van der Waals surface area contributed by atoms with Crippen LogP contribution >= 0.6 is 0 Å². The van der Waals surface area contributed by atoms with Crippen LogP contribution in [0.15, 0.2) is 36.4 Å². The van der Waals surface area contributed by atoms with Gasteiger partial charge in [-0.1, -0.05) is 12.2 Å². The Morgan fingerprint density at radius 3 is 2.62 bits per heavy atom. The molecule has 0 radical (unpaired) electrons. The zero-order valence-electron chi connectivity index (χ0n) is 13.3. The van der Waals surface area contributed by atoms with Gasteiger partial charge in [0.25, 0.3) is 5.69 Å². The number of benzene rings is 1. The molecule has 0 saturated heterocycles. The lowest BCUT2D eigenvalue weighted by Crippen LogP contribution is -2.31. The standard InChI is InChI=1S/C17H21NO6/c19-16(24-15-8-6-14(7-9-15)18(21)22)23-13-12-17(20)10-4-2-1-3-5-11-17/h1-2,6-9,20H,3-5,10-13H2/b2-1-/t17-/m0/s1. The van der Waals surface area contributed by atoms with E-state index >= 15 is 0 Å². The van der Waals surface area contributed by atoms with Crippen molar-refractivity contribution < 1.29 is 24.3 Å². The molecular formula is C17H21NO6. The van der Waals surface area contributed by atoms with Crippen LogP contribution in [0.1, 0.15) is 38.5 Å². The van der Waals surface area contributed by atoms with Crippen molar-refractivity contribution in [2.24, 2.45) is 0 Å². The minimum atomic E-state index is -0.891. The van der Waals surface area contributed by atoms with Crippen LogP contribution in [0.5, 0.6) is 5.75 Å². The number of ether oxygens (including phenoxy) is 2. The van der Waals surface area contributed by atoms with Gasteiger partial charge in [-0.25, -0.2) is 4.79 Å². The Bertz CT molecular complexity index is 598. The molecule has 0 fully saturated rings. The SMILES string of the molecule is O=C(OCC[C@]1(O)CC/C=C\CCC1)Oc1ccc([N+](=O)[O-])cc1. The summed E-state index contributed by atoms with van der Waals surface area (Å²) in [6.45, 7) is 0.0615. The fraction of sp³-hybridized carbons (Fsp3) is 0.471. The summed E-state index contributed by atoms with van der Waals surface area (Å²) in [6.07, 6.45) is 7.64. The molecule has 0 amide bonds. The van der Waals surface area contributed by atoms with Gasteiger partial charge in [-0.3, -0.25) is 10.1 Å². The van der Waals surface area contributed by atoms with E-state index in [0.717, 1.165) is 19.3 Å². The smallest absolute Gasteiger partial charge is 0.434 e. The molecule has 0 spiro atoms. The first kappa shape index (κ1) is 17.9. The highest BCUT2D eigenvalue weighted by molar-refractivity contribution is 5.63. The number of non-ortho nitro benzene ring substituents is 1. The largest absolute Gasteiger partial charge is 0.513 e. The van der Waals surface area contributed by atoms with E-state index in [2.05, 4.69) is 12.2 Å². The zero-order chi connectivity index (χ0) is 17.4. The molecule has 1 aromatic rings. The summed E-state index contributed by atoms with van der Waals surface area (Å²) in [5.74, 6) is 0.167. The topological polar surface area (TPSA) is 98.9 Å². The van der Waals surface area contributed by atoms with Gasteiger partial charge in [-0.05, 0) is 44.2 Å². The predicted molar refractivity (Wildman–Crippen MR) is 86.9 cm³/mol. The van der Waals surface area contributed by atoms with Crippen LogP contribution < -0.4 is 4.74 Å². The summed E-state index contributed by atoms with van der Waals surface area (Å²) < 4.78 is 9.93. The first-order valence-electron chi connectivity index (χ1n) is 7.95. The molecule has 0 heterocycles. The highest BCUT2D eigenvalue weighted by Crippen LogP contribution is 2.27. The number of nitro groups is 1. The number of nitro benzene ring substituents is 1. The fourth-order valence-electron chi connectivity index (χ4n) is 2.60. The number of allylic oxidation sites excluding steroid dienone is 2. The monoisotopic (exact) mass is 335 g/mol. The summed E-state index contributed by atoms with van der Waals surface area (Å²) in [4.78, 5) is 21.6. The third-order valence-corrected chi connectivity index (χ3v) is 3.99. The van der Waals surface area contributed by atoms with Gasteiger partial charge in [0.2, 0.25) is 0 Å². The molecule has 0 bridgehead atoms. The van der Waals surface area contributed by atoms with Crippen molar-refractivity contribution in [3.05, 3.63) is 46.5 Å². The second-order valence-electron chi connectivity index (χ2n) is 5.83. The third kappa shape index (κ3) is 5.66. The zero-order valence-corrected chi connectivity index (χ0v) is 13.3. The second kappa shape index (κ2) is 8.44. The van der Waals surface area contributed by atoms with Crippen molar-refractivity contribution in [2.75, 3.05) is 6.61 Å². The minimum Gasteiger partial charge on any atom is -0.434 e. The molecule has 1 atom stereocenters. The summed E-state index contributed by atoms with van der Waals surface area (Å²) in [6, 6.07) is 5.14. The van der Waals surface area contributed by atoms with Gasteiger partial charge in [0.1, 0.15) is 5.75 Å². The Labute approximate surface area is 140 Å². The summed E-state index contributed by atoms with van der Waals surface area (Å²) in [5, 5.41) is 21.1. The van der Waals surface area contributed by atoms with Crippen molar-refractivity contribution in [1.29, 1.82) is 0 Å². The highest BCUT2D eigenvalue weighted by Gasteiger charge is 2.26. The van der Waals surface area contributed by atoms with Crippen LogP contribution in [0.4, 0.5) is 10.5 Å². The maximum absolute atomic E-state index is 11.6. The average Bonchev–Trinajstić information content (AvgIpc) is 2.52. The van der Waals surface area contributed by atoms with Crippen molar-refractivity contribution in [3.63, 3.8) is 0 Å². The van der Waals surface area contributed by atoms with E-state index in [-0.39, 0.29) is 18.0 Å². The van der Waals surface area contributed by atoms with Gasteiger partial charge in [0.15, 0.2) is 0 Å². The molecule has 1 aliphatic carbocycles. The number of rotatable bonds is 5. The molecule has 1 N–H and O–H groups in total. The van der Waals surface area contributed by atoms with Crippen molar-refractivity contribution in [3.8, 4) is 5.75 Å². The summed E-state index contributed by atoms with van der Waals surface area (Å²) in [5.41, 5.74) is -0.908. The lowest BCUT2D eigenvalue weighted by molar-refractivity contribution is -0.384. The van der Waals surface area contributed by atoms with E-state index in [1.807, 2.05) is 0 Å². The lowest BCUT2D eigenvalue weighted by Gasteiger charge is -2.28. The third-order valence-electron chi connectivity index (χ3n) is 3.99. The number of carbonyl (C=O) groups is 1. The molecule has 0 aliphatic heterocycles. The van der Waals surface area contributed by atoms with Crippen LogP contribution in [-0.2, 0) is 4.74 Å². The van der Waals surface area contributed by atoms with E-state index < -0.39 is 16.7 Å². The van der Waals surface area contributed by atoms with Gasteiger partial charge in [0, 0.05) is 18.6 Å². The first-order chi connectivity index (χ1) is 11.5. The maximum atomic E-state index is 11.6. The number of hydrogen-bond donors (Lipinski definition) is 1. The Hall–Kier alpha value is -2.41. The molecule has 24 heavy (non-hydrogen) atoms. The van der Waals surface area contributed by atoms with Gasteiger partial charge < -0.3 is 14.6 Å². The van der Waals surface area contributed by atoms with Crippen LogP contribution in [0.3, 0.4) is 0 Å². The minimum absolute atomic E-state index is 0.0615. The van der Waals surface area contributed by atoms with Crippen LogP contribution in [0.25, 0.3) is 0 Å². The summed E-state index contributed by atoms with van der Waals surface area (Å²) in [7, 11) is 0. The number of nitrogens with zero attached hydrogens (tertiary/aromatic N) is 1. The van der Waals surface area contributed by atoms with Crippen LogP contribution in [0.2, 0.25) is 0 Å². The van der Waals surface area contributed by atoms with Crippen molar-refractivity contribution in [1.82, 2.24) is 0 Å². The number of carbonyl (C=O) groups excluding carboxylic acids is 1.